The monoisotopic (exact) mass is 423 g/mol. The third-order valence-electron chi connectivity index (χ3n) is 3.80. The molecule has 0 radical (unpaired) electrons. The maximum Gasteiger partial charge on any atom is 0.191 e. The molecule has 0 heterocycles. The molecule has 124 valence electrons. The Morgan fingerprint density at radius 2 is 1.77 bits per heavy atom. The number of nitrogens with one attached hydrogen (secondary N) is 2. The number of guanidine groups is 1. The Labute approximate surface area is 148 Å². The number of hydrogen-bond acceptors (Lipinski definition) is 1. The fraction of sp³-hybridized carbons (Fsp3) is 0.562. The van der Waals surface area contributed by atoms with Crippen LogP contribution in [-0.4, -0.2) is 25.6 Å². The predicted molar refractivity (Wildman–Crippen MR) is 96.8 cm³/mol. The molecule has 3 nitrogen and oxygen atoms in total. The minimum atomic E-state index is -0.533. The second kappa shape index (κ2) is 9.97. The normalized spacial score (nSPS) is 16.0. The lowest BCUT2D eigenvalue weighted by atomic mass is 9.96. The van der Waals surface area contributed by atoms with Gasteiger partial charge in [-0.25, -0.2) is 8.78 Å². The molecule has 1 aliphatic carbocycles. The maximum atomic E-state index is 13.1. The van der Waals surface area contributed by atoms with Gasteiger partial charge in [0.1, 0.15) is 11.6 Å². The van der Waals surface area contributed by atoms with E-state index in [4.69, 9.17) is 0 Å². The van der Waals surface area contributed by atoms with Crippen LogP contribution >= 0.6 is 24.0 Å². The largest absolute Gasteiger partial charge is 0.356 e. The minimum absolute atomic E-state index is 0. The first kappa shape index (κ1) is 19.1. The highest BCUT2D eigenvalue weighted by atomic mass is 127. The van der Waals surface area contributed by atoms with Crippen LogP contribution < -0.4 is 10.6 Å². The SMILES string of the molecule is CN=C(NCCc1cc(F)cc(F)c1)NC1CCCCC1.I. The Kier molecular flexibility index (Phi) is 8.67. The van der Waals surface area contributed by atoms with Gasteiger partial charge in [-0.1, -0.05) is 19.3 Å². The van der Waals surface area contributed by atoms with E-state index in [2.05, 4.69) is 15.6 Å². The molecular formula is C16H24F2IN3. The highest BCUT2D eigenvalue weighted by molar-refractivity contribution is 14.0. The third-order valence-corrected chi connectivity index (χ3v) is 3.80. The van der Waals surface area contributed by atoms with Crippen molar-refractivity contribution in [2.24, 2.45) is 4.99 Å². The molecule has 1 saturated carbocycles. The van der Waals surface area contributed by atoms with Gasteiger partial charge in [0, 0.05) is 25.7 Å². The van der Waals surface area contributed by atoms with E-state index >= 15 is 0 Å². The molecule has 0 saturated heterocycles. The van der Waals surface area contributed by atoms with Crippen LogP contribution in [0.1, 0.15) is 37.7 Å². The summed E-state index contributed by atoms with van der Waals surface area (Å²) >= 11 is 0. The van der Waals surface area contributed by atoms with E-state index in [9.17, 15) is 8.78 Å². The third kappa shape index (κ3) is 6.46. The Hall–Kier alpha value is -0.920. The second-order valence-corrected chi connectivity index (χ2v) is 5.51. The first-order valence-corrected chi connectivity index (χ1v) is 7.59. The molecule has 0 aromatic heterocycles. The zero-order valence-corrected chi connectivity index (χ0v) is 15.2. The summed E-state index contributed by atoms with van der Waals surface area (Å²) in [6.07, 6.45) is 6.75. The second-order valence-electron chi connectivity index (χ2n) is 5.51. The summed E-state index contributed by atoms with van der Waals surface area (Å²) in [6, 6.07) is 4.10. The molecule has 1 aromatic rings. The van der Waals surface area contributed by atoms with E-state index in [1.54, 1.807) is 7.05 Å². The molecular weight excluding hydrogens is 399 g/mol. The summed E-state index contributed by atoms with van der Waals surface area (Å²) in [6.45, 7) is 0.593. The number of rotatable bonds is 4. The van der Waals surface area contributed by atoms with Crippen molar-refractivity contribution in [3.8, 4) is 0 Å². The number of halogens is 3. The van der Waals surface area contributed by atoms with Crippen LogP contribution in [0.4, 0.5) is 8.78 Å². The fourth-order valence-corrected chi connectivity index (χ4v) is 2.72. The summed E-state index contributed by atoms with van der Waals surface area (Å²) in [5.41, 5.74) is 0.646. The zero-order chi connectivity index (χ0) is 15.1. The van der Waals surface area contributed by atoms with Gasteiger partial charge in [0.15, 0.2) is 5.96 Å². The van der Waals surface area contributed by atoms with Crippen LogP contribution in [0.5, 0.6) is 0 Å². The summed E-state index contributed by atoms with van der Waals surface area (Å²) < 4.78 is 26.2. The van der Waals surface area contributed by atoms with Gasteiger partial charge in [-0.05, 0) is 37.0 Å². The molecule has 2 N–H and O–H groups in total. The van der Waals surface area contributed by atoms with E-state index in [1.807, 2.05) is 0 Å². The van der Waals surface area contributed by atoms with Gasteiger partial charge < -0.3 is 10.6 Å². The topological polar surface area (TPSA) is 36.4 Å². The van der Waals surface area contributed by atoms with Crippen molar-refractivity contribution in [3.05, 3.63) is 35.4 Å². The molecule has 1 aromatic carbocycles. The Morgan fingerprint density at radius 1 is 1.14 bits per heavy atom. The van der Waals surface area contributed by atoms with Crippen LogP contribution in [-0.2, 0) is 6.42 Å². The van der Waals surface area contributed by atoms with E-state index < -0.39 is 11.6 Å². The maximum absolute atomic E-state index is 13.1. The number of hydrogen-bond donors (Lipinski definition) is 2. The molecule has 22 heavy (non-hydrogen) atoms. The van der Waals surface area contributed by atoms with Crippen LogP contribution in [0.3, 0.4) is 0 Å². The van der Waals surface area contributed by atoms with Crippen molar-refractivity contribution in [1.29, 1.82) is 0 Å². The van der Waals surface area contributed by atoms with E-state index in [-0.39, 0.29) is 24.0 Å². The number of nitrogens with zero attached hydrogens (tertiary/aromatic N) is 1. The Morgan fingerprint density at radius 3 is 2.36 bits per heavy atom. The molecule has 1 fully saturated rings. The van der Waals surface area contributed by atoms with Gasteiger partial charge >= 0.3 is 0 Å². The average Bonchev–Trinajstić information content (AvgIpc) is 2.46. The predicted octanol–water partition coefficient (Wildman–Crippen LogP) is 3.62. The summed E-state index contributed by atoms with van der Waals surface area (Å²) in [7, 11) is 1.74. The molecule has 0 unspecified atom stereocenters. The summed E-state index contributed by atoms with van der Waals surface area (Å²) in [4.78, 5) is 4.19. The van der Waals surface area contributed by atoms with E-state index in [0.717, 1.165) is 12.0 Å². The average molecular weight is 423 g/mol. The molecule has 0 spiro atoms. The molecule has 0 aliphatic heterocycles. The van der Waals surface area contributed by atoms with Crippen LogP contribution in [0.15, 0.2) is 23.2 Å². The highest BCUT2D eigenvalue weighted by Gasteiger charge is 2.14. The smallest absolute Gasteiger partial charge is 0.191 e. The van der Waals surface area contributed by atoms with Crippen molar-refractivity contribution >= 4 is 29.9 Å². The van der Waals surface area contributed by atoms with Crippen molar-refractivity contribution in [2.45, 2.75) is 44.6 Å². The van der Waals surface area contributed by atoms with E-state index in [0.29, 0.717) is 24.6 Å². The lowest BCUT2D eigenvalue weighted by Crippen LogP contribution is -2.44. The van der Waals surface area contributed by atoms with Crippen molar-refractivity contribution in [1.82, 2.24) is 10.6 Å². The lowest BCUT2D eigenvalue weighted by molar-refractivity contribution is 0.410. The zero-order valence-electron chi connectivity index (χ0n) is 12.9. The van der Waals surface area contributed by atoms with Crippen LogP contribution in [0.25, 0.3) is 0 Å². The molecule has 2 rings (SSSR count). The lowest BCUT2D eigenvalue weighted by Gasteiger charge is -2.24. The van der Waals surface area contributed by atoms with Crippen LogP contribution in [0, 0.1) is 11.6 Å². The van der Waals surface area contributed by atoms with Gasteiger partial charge in [0.25, 0.3) is 0 Å². The first-order chi connectivity index (χ1) is 10.2. The molecule has 1 aliphatic rings. The van der Waals surface area contributed by atoms with Crippen LogP contribution in [0.2, 0.25) is 0 Å². The van der Waals surface area contributed by atoms with Crippen molar-refractivity contribution in [3.63, 3.8) is 0 Å². The number of aliphatic imine (C=N–C) groups is 1. The summed E-state index contributed by atoms with van der Waals surface area (Å²) in [5, 5.41) is 6.60. The summed E-state index contributed by atoms with van der Waals surface area (Å²) in [5.74, 6) is -0.303. The Balaban J connectivity index is 0.00000242. The van der Waals surface area contributed by atoms with Gasteiger partial charge in [-0.15, -0.1) is 24.0 Å². The van der Waals surface area contributed by atoms with Gasteiger partial charge in [-0.2, -0.15) is 0 Å². The van der Waals surface area contributed by atoms with Gasteiger partial charge in [-0.3, -0.25) is 4.99 Å². The van der Waals surface area contributed by atoms with Crippen molar-refractivity contribution < 1.29 is 8.78 Å². The molecule has 0 amide bonds. The van der Waals surface area contributed by atoms with Gasteiger partial charge in [0.2, 0.25) is 0 Å². The molecule has 6 heteroatoms. The first-order valence-electron chi connectivity index (χ1n) is 7.59. The standard InChI is InChI=1S/C16H23F2N3.HI/c1-19-16(21-15-5-3-2-4-6-15)20-8-7-12-9-13(17)11-14(18)10-12;/h9-11,15H,2-8H2,1H3,(H2,19,20,21);1H. The van der Waals surface area contributed by atoms with Crippen molar-refractivity contribution in [2.75, 3.05) is 13.6 Å². The molecule has 0 bridgehead atoms. The molecule has 0 atom stereocenters. The fourth-order valence-electron chi connectivity index (χ4n) is 2.72. The minimum Gasteiger partial charge on any atom is -0.356 e. The quantitative estimate of drug-likeness (QED) is 0.441. The van der Waals surface area contributed by atoms with Gasteiger partial charge in [0.05, 0.1) is 0 Å². The Bertz CT molecular complexity index is 468. The number of benzene rings is 1. The van der Waals surface area contributed by atoms with E-state index in [1.165, 1.54) is 44.2 Å². The highest BCUT2D eigenvalue weighted by Crippen LogP contribution is 2.17.